The zero-order valence-electron chi connectivity index (χ0n) is 20.2. The van der Waals surface area contributed by atoms with E-state index in [1.807, 2.05) is 35.0 Å². The Bertz CT molecular complexity index is 1050. The molecular weight excluding hydrogens is 448 g/mol. The molecule has 7 nitrogen and oxygen atoms in total. The van der Waals surface area contributed by atoms with Crippen molar-refractivity contribution in [2.24, 2.45) is 0 Å². The van der Waals surface area contributed by atoms with Gasteiger partial charge in [-0.05, 0) is 68.8 Å². The highest BCUT2D eigenvalue weighted by Crippen LogP contribution is 2.27. The number of carbonyl (C=O) groups excluding carboxylic acids is 1. The van der Waals surface area contributed by atoms with E-state index < -0.39 is 0 Å². The number of aromatic nitrogens is 2. The fraction of sp³-hybridized carbons (Fsp3) is 0.385. The molecule has 1 aromatic carbocycles. The predicted octanol–water partition coefficient (Wildman–Crippen LogP) is 4.43. The van der Waals surface area contributed by atoms with Gasteiger partial charge in [0.2, 0.25) is 5.91 Å². The number of amides is 1. The minimum atomic E-state index is 0.0597. The van der Waals surface area contributed by atoms with Gasteiger partial charge in [0, 0.05) is 36.8 Å². The fourth-order valence-corrected chi connectivity index (χ4v) is 4.41. The molecule has 2 aromatic heterocycles. The summed E-state index contributed by atoms with van der Waals surface area (Å²) in [5.41, 5.74) is 1.23. The molecule has 34 heavy (non-hydrogen) atoms. The molecule has 0 atom stereocenters. The number of rotatable bonds is 14. The van der Waals surface area contributed by atoms with Crippen LogP contribution in [-0.2, 0) is 11.2 Å². The quantitative estimate of drug-likeness (QED) is 0.345. The number of imidazole rings is 1. The van der Waals surface area contributed by atoms with Crippen LogP contribution in [0.15, 0.2) is 55.1 Å². The summed E-state index contributed by atoms with van der Waals surface area (Å²) in [7, 11) is 5.44. The van der Waals surface area contributed by atoms with Crippen LogP contribution in [0.3, 0.4) is 0 Å². The highest BCUT2D eigenvalue weighted by molar-refractivity contribution is 7.15. The van der Waals surface area contributed by atoms with Crippen molar-refractivity contribution in [3.63, 3.8) is 0 Å². The van der Waals surface area contributed by atoms with Gasteiger partial charge in [-0.1, -0.05) is 12.1 Å². The molecule has 0 bridgehead atoms. The second kappa shape index (κ2) is 13.6. The Morgan fingerprint density at radius 2 is 2.00 bits per heavy atom. The molecule has 0 radical (unpaired) electrons. The average Bonchev–Trinajstić information content (AvgIpc) is 3.54. The lowest BCUT2D eigenvalue weighted by Crippen LogP contribution is -2.26. The van der Waals surface area contributed by atoms with Crippen LogP contribution in [0.1, 0.15) is 29.7 Å². The molecule has 0 aliphatic carbocycles. The predicted molar refractivity (Wildman–Crippen MR) is 138 cm³/mol. The summed E-state index contributed by atoms with van der Waals surface area (Å²) in [6.07, 6.45) is 12.7. The topological polar surface area (TPSA) is 68.6 Å². The number of unbranched alkanes of at least 4 members (excludes halogenated alkanes) is 1. The van der Waals surface area contributed by atoms with Gasteiger partial charge in [-0.15, -0.1) is 11.3 Å². The third-order valence-corrected chi connectivity index (χ3v) is 6.54. The van der Waals surface area contributed by atoms with E-state index in [2.05, 4.69) is 40.4 Å². The largest absolute Gasteiger partial charge is 0.493 e. The summed E-state index contributed by atoms with van der Waals surface area (Å²) in [5, 5.41) is 4.11. The SMILES string of the molecule is COc1ccc(CCN(C)CCCCNC(=O)C/C=C/c2ccc(-n3ccnc3)s2)cc1OC. The van der Waals surface area contributed by atoms with E-state index in [9.17, 15) is 4.79 Å². The van der Waals surface area contributed by atoms with E-state index >= 15 is 0 Å². The number of ether oxygens (including phenoxy) is 2. The van der Waals surface area contributed by atoms with Crippen LogP contribution < -0.4 is 14.8 Å². The van der Waals surface area contributed by atoms with Crippen LogP contribution in [-0.4, -0.2) is 61.3 Å². The lowest BCUT2D eigenvalue weighted by Gasteiger charge is -2.17. The highest BCUT2D eigenvalue weighted by atomic mass is 32.1. The van der Waals surface area contributed by atoms with Crippen molar-refractivity contribution in [1.82, 2.24) is 19.8 Å². The van der Waals surface area contributed by atoms with Crippen molar-refractivity contribution in [1.29, 1.82) is 0 Å². The summed E-state index contributed by atoms with van der Waals surface area (Å²) < 4.78 is 12.6. The summed E-state index contributed by atoms with van der Waals surface area (Å²) in [5.74, 6) is 1.58. The fourth-order valence-electron chi connectivity index (χ4n) is 3.52. The minimum Gasteiger partial charge on any atom is -0.493 e. The molecule has 0 saturated carbocycles. The van der Waals surface area contributed by atoms with Gasteiger partial charge in [-0.25, -0.2) is 4.98 Å². The smallest absolute Gasteiger partial charge is 0.223 e. The molecule has 1 N–H and O–H groups in total. The number of thiophene rings is 1. The Hall–Kier alpha value is -3.10. The first-order valence-electron chi connectivity index (χ1n) is 11.5. The molecule has 182 valence electrons. The Morgan fingerprint density at radius 1 is 1.15 bits per heavy atom. The third kappa shape index (κ3) is 8.04. The molecule has 0 aliphatic rings. The second-order valence-corrected chi connectivity index (χ2v) is 9.15. The first-order chi connectivity index (χ1) is 16.6. The summed E-state index contributed by atoms with van der Waals surface area (Å²) in [6.45, 7) is 2.68. The van der Waals surface area contributed by atoms with Crippen molar-refractivity contribution in [2.45, 2.75) is 25.7 Å². The monoisotopic (exact) mass is 482 g/mol. The molecule has 3 rings (SSSR count). The number of carbonyl (C=O) groups is 1. The Morgan fingerprint density at radius 3 is 2.76 bits per heavy atom. The van der Waals surface area contributed by atoms with Crippen LogP contribution in [0.4, 0.5) is 0 Å². The normalized spacial score (nSPS) is 11.3. The zero-order chi connectivity index (χ0) is 24.2. The number of nitrogens with zero attached hydrogens (tertiary/aromatic N) is 3. The zero-order valence-corrected chi connectivity index (χ0v) is 21.0. The van der Waals surface area contributed by atoms with Crippen LogP contribution >= 0.6 is 11.3 Å². The Kier molecular flexibility index (Phi) is 10.2. The van der Waals surface area contributed by atoms with E-state index in [-0.39, 0.29) is 5.91 Å². The van der Waals surface area contributed by atoms with E-state index in [0.717, 1.165) is 53.7 Å². The van der Waals surface area contributed by atoms with E-state index in [4.69, 9.17) is 9.47 Å². The van der Waals surface area contributed by atoms with Gasteiger partial charge in [0.1, 0.15) is 5.00 Å². The number of nitrogens with one attached hydrogen (secondary N) is 1. The van der Waals surface area contributed by atoms with Crippen molar-refractivity contribution < 1.29 is 14.3 Å². The molecule has 3 aromatic rings. The standard InChI is InChI=1S/C26H34N4O3S/c1-29(17-13-21-9-11-23(32-2)24(19-21)33-3)16-5-4-14-28-25(31)8-6-7-22-10-12-26(34-22)30-18-15-27-20-30/h6-7,9-12,15,18-20H,4-5,8,13-14,16-17H2,1-3H3,(H,28,31)/b7-6+. The second-order valence-electron chi connectivity index (χ2n) is 8.05. The van der Waals surface area contributed by atoms with Gasteiger partial charge in [-0.2, -0.15) is 0 Å². The molecule has 2 heterocycles. The summed E-state index contributed by atoms with van der Waals surface area (Å²) in [6, 6.07) is 10.2. The number of hydrogen-bond donors (Lipinski definition) is 1. The minimum absolute atomic E-state index is 0.0597. The van der Waals surface area contributed by atoms with E-state index in [1.165, 1.54) is 5.56 Å². The van der Waals surface area contributed by atoms with E-state index in [1.54, 1.807) is 38.1 Å². The average molecular weight is 483 g/mol. The molecule has 0 aliphatic heterocycles. The lowest BCUT2D eigenvalue weighted by atomic mass is 10.1. The van der Waals surface area contributed by atoms with Crippen molar-refractivity contribution >= 4 is 23.3 Å². The van der Waals surface area contributed by atoms with Gasteiger partial charge < -0.3 is 19.7 Å². The molecule has 0 fully saturated rings. The first-order valence-corrected chi connectivity index (χ1v) is 12.3. The lowest BCUT2D eigenvalue weighted by molar-refractivity contribution is -0.120. The van der Waals surface area contributed by atoms with Gasteiger partial charge in [0.25, 0.3) is 0 Å². The molecule has 0 spiro atoms. The maximum Gasteiger partial charge on any atom is 0.223 e. The van der Waals surface area contributed by atoms with Crippen molar-refractivity contribution in [3.05, 3.63) is 65.6 Å². The maximum absolute atomic E-state index is 12.1. The maximum atomic E-state index is 12.1. The van der Waals surface area contributed by atoms with Crippen molar-refractivity contribution in [3.8, 4) is 16.5 Å². The molecule has 0 saturated heterocycles. The highest BCUT2D eigenvalue weighted by Gasteiger charge is 2.06. The summed E-state index contributed by atoms with van der Waals surface area (Å²) in [4.78, 5) is 19.6. The Balaban J connectivity index is 1.26. The number of hydrogen-bond acceptors (Lipinski definition) is 6. The molecule has 8 heteroatoms. The van der Waals surface area contributed by atoms with Crippen LogP contribution in [0, 0.1) is 0 Å². The molecule has 0 unspecified atom stereocenters. The Labute approximate surface area is 206 Å². The van der Waals surface area contributed by atoms with Crippen LogP contribution in [0.2, 0.25) is 0 Å². The third-order valence-electron chi connectivity index (χ3n) is 5.48. The van der Waals surface area contributed by atoms with Gasteiger partial charge in [-0.3, -0.25) is 9.36 Å². The number of likely N-dealkylation sites (N-methyl/N-ethyl adjacent to an activating group) is 1. The summed E-state index contributed by atoms with van der Waals surface area (Å²) >= 11 is 1.66. The molecular formula is C26H34N4O3S. The van der Waals surface area contributed by atoms with Gasteiger partial charge in [0.05, 0.1) is 20.5 Å². The first kappa shape index (κ1) is 25.5. The number of methoxy groups -OCH3 is 2. The van der Waals surface area contributed by atoms with E-state index in [0.29, 0.717) is 13.0 Å². The molecule has 1 amide bonds. The van der Waals surface area contributed by atoms with Crippen molar-refractivity contribution in [2.75, 3.05) is 40.9 Å². The number of benzene rings is 1. The van der Waals surface area contributed by atoms with Gasteiger partial charge in [0.15, 0.2) is 11.5 Å². The van der Waals surface area contributed by atoms with Crippen LogP contribution in [0.5, 0.6) is 11.5 Å². The van der Waals surface area contributed by atoms with Crippen LogP contribution in [0.25, 0.3) is 11.1 Å². The van der Waals surface area contributed by atoms with Gasteiger partial charge >= 0.3 is 0 Å².